The van der Waals surface area contributed by atoms with Gasteiger partial charge in [-0.15, -0.1) is 23.2 Å². The average Bonchev–Trinajstić information content (AvgIpc) is 2.47. The third-order valence-corrected chi connectivity index (χ3v) is 4.03. The fourth-order valence-electron chi connectivity index (χ4n) is 2.44. The third kappa shape index (κ3) is 5.18. The van der Waals surface area contributed by atoms with Crippen LogP contribution in [0.15, 0.2) is 12.1 Å². The van der Waals surface area contributed by atoms with E-state index in [0.29, 0.717) is 30.2 Å². The number of carboxylic acids is 2. The summed E-state index contributed by atoms with van der Waals surface area (Å²) in [5.74, 6) is -1.36. The molecule has 0 saturated heterocycles. The minimum atomic E-state index is -1.22. The van der Waals surface area contributed by atoms with Crippen LogP contribution in [-0.4, -0.2) is 33.9 Å². The largest absolute Gasteiger partial charge is 0.478 e. The molecule has 0 unspecified atom stereocenters. The van der Waals surface area contributed by atoms with Crippen LogP contribution in [0.3, 0.4) is 0 Å². The maximum absolute atomic E-state index is 11.6. The van der Waals surface area contributed by atoms with Crippen molar-refractivity contribution in [2.24, 2.45) is 0 Å². The van der Waals surface area contributed by atoms with E-state index in [0.717, 1.165) is 31.2 Å². The quantitative estimate of drug-likeness (QED) is 0.491. The van der Waals surface area contributed by atoms with Crippen LogP contribution in [0, 0.1) is 0 Å². The summed E-state index contributed by atoms with van der Waals surface area (Å²) >= 11 is 11.3. The van der Waals surface area contributed by atoms with Gasteiger partial charge in [-0.1, -0.05) is 6.07 Å². The van der Waals surface area contributed by atoms with Crippen LogP contribution < -0.4 is 0 Å². The van der Waals surface area contributed by atoms with Crippen molar-refractivity contribution < 1.29 is 19.8 Å². The maximum Gasteiger partial charge on any atom is 0.336 e. The molecule has 0 saturated carbocycles. The summed E-state index contributed by atoms with van der Waals surface area (Å²) in [4.78, 5) is 22.8. The van der Waals surface area contributed by atoms with Crippen LogP contribution in [0.2, 0.25) is 0 Å². The van der Waals surface area contributed by atoms with Gasteiger partial charge in [-0.2, -0.15) is 0 Å². The molecule has 4 nitrogen and oxygen atoms in total. The number of carbonyl (C=O) groups is 2. The lowest BCUT2D eigenvalue weighted by Crippen LogP contribution is -2.14. The zero-order valence-electron chi connectivity index (χ0n) is 12.3. The highest BCUT2D eigenvalue weighted by Crippen LogP contribution is 2.24. The minimum absolute atomic E-state index is 0.0922. The average molecular weight is 347 g/mol. The molecule has 0 amide bonds. The van der Waals surface area contributed by atoms with Gasteiger partial charge in [-0.3, -0.25) is 0 Å². The Morgan fingerprint density at radius 3 is 1.95 bits per heavy atom. The van der Waals surface area contributed by atoms with E-state index in [2.05, 4.69) is 0 Å². The zero-order chi connectivity index (χ0) is 16.5. The summed E-state index contributed by atoms with van der Waals surface area (Å²) in [5, 5.41) is 18.7. The molecular formula is C16H20Cl2O4. The molecule has 22 heavy (non-hydrogen) atoms. The number of rotatable bonds is 10. The highest BCUT2D eigenvalue weighted by atomic mass is 35.5. The van der Waals surface area contributed by atoms with Gasteiger partial charge >= 0.3 is 11.9 Å². The van der Waals surface area contributed by atoms with Crippen LogP contribution in [-0.2, 0) is 12.8 Å². The third-order valence-electron chi connectivity index (χ3n) is 3.49. The Morgan fingerprint density at radius 2 is 1.45 bits per heavy atom. The monoisotopic (exact) mass is 346 g/mol. The topological polar surface area (TPSA) is 74.6 Å². The molecule has 0 aliphatic heterocycles. The maximum atomic E-state index is 11.6. The standard InChI is InChI=1S/C16H20Cl2O4/c17-9-3-1-5-11-7-8-13(15(19)20)14(16(21)22)12(11)6-2-4-10-18/h7-8H,1-6,9-10H2,(H,19,20)(H,21,22). The molecule has 0 fully saturated rings. The molecule has 0 aromatic heterocycles. The van der Waals surface area contributed by atoms with Crippen molar-refractivity contribution in [3.63, 3.8) is 0 Å². The van der Waals surface area contributed by atoms with Gasteiger partial charge in [0, 0.05) is 11.8 Å². The molecule has 122 valence electrons. The predicted molar refractivity (Wildman–Crippen MR) is 87.7 cm³/mol. The Bertz CT molecular complexity index is 529. The first kappa shape index (κ1) is 18.8. The van der Waals surface area contributed by atoms with Crippen molar-refractivity contribution in [1.82, 2.24) is 0 Å². The first-order chi connectivity index (χ1) is 10.5. The van der Waals surface area contributed by atoms with Crippen LogP contribution in [0.5, 0.6) is 0 Å². The Labute approximate surface area is 140 Å². The Hall–Kier alpha value is -1.26. The summed E-state index contributed by atoms with van der Waals surface area (Å²) in [7, 11) is 0. The fourth-order valence-corrected chi connectivity index (χ4v) is 2.82. The molecule has 0 aliphatic carbocycles. The van der Waals surface area contributed by atoms with E-state index in [4.69, 9.17) is 23.2 Å². The first-order valence-corrected chi connectivity index (χ1v) is 8.33. The lowest BCUT2D eigenvalue weighted by Gasteiger charge is -2.15. The van der Waals surface area contributed by atoms with E-state index >= 15 is 0 Å². The van der Waals surface area contributed by atoms with Crippen molar-refractivity contribution in [3.8, 4) is 0 Å². The smallest absolute Gasteiger partial charge is 0.336 e. The van der Waals surface area contributed by atoms with Gasteiger partial charge in [-0.25, -0.2) is 9.59 Å². The number of halogens is 2. The van der Waals surface area contributed by atoms with E-state index in [1.54, 1.807) is 6.07 Å². The molecule has 2 N–H and O–H groups in total. The molecular weight excluding hydrogens is 327 g/mol. The van der Waals surface area contributed by atoms with E-state index in [9.17, 15) is 19.8 Å². The number of hydrogen-bond donors (Lipinski definition) is 2. The van der Waals surface area contributed by atoms with Crippen LogP contribution in [0.1, 0.15) is 57.5 Å². The van der Waals surface area contributed by atoms with E-state index in [-0.39, 0.29) is 11.1 Å². The Balaban J connectivity index is 3.21. The molecule has 0 aliphatic rings. The van der Waals surface area contributed by atoms with Gasteiger partial charge in [0.2, 0.25) is 0 Å². The SMILES string of the molecule is O=C(O)c1ccc(CCCCCl)c(CCCCCl)c1C(=O)O. The van der Waals surface area contributed by atoms with Gasteiger partial charge in [0.15, 0.2) is 0 Å². The number of alkyl halides is 2. The van der Waals surface area contributed by atoms with Gasteiger partial charge in [0.25, 0.3) is 0 Å². The lowest BCUT2D eigenvalue weighted by molar-refractivity contribution is 0.0650. The van der Waals surface area contributed by atoms with Gasteiger partial charge in [0.05, 0.1) is 11.1 Å². The second kappa shape index (κ2) is 9.70. The fraction of sp³-hybridized carbons (Fsp3) is 0.500. The molecule has 1 aromatic rings. The molecule has 0 bridgehead atoms. The summed E-state index contributed by atoms with van der Waals surface area (Å²) in [6.45, 7) is 0. The van der Waals surface area contributed by atoms with Crippen molar-refractivity contribution in [1.29, 1.82) is 0 Å². The highest BCUT2D eigenvalue weighted by molar-refractivity contribution is 6.18. The van der Waals surface area contributed by atoms with Crippen LogP contribution in [0.25, 0.3) is 0 Å². The van der Waals surface area contributed by atoms with Gasteiger partial charge in [0.1, 0.15) is 0 Å². The minimum Gasteiger partial charge on any atom is -0.478 e. The lowest BCUT2D eigenvalue weighted by atomic mass is 9.90. The summed E-state index contributed by atoms with van der Waals surface area (Å²) in [5.41, 5.74) is 1.26. The van der Waals surface area contributed by atoms with Crippen molar-refractivity contribution in [2.45, 2.75) is 38.5 Å². The van der Waals surface area contributed by atoms with Crippen molar-refractivity contribution in [3.05, 3.63) is 34.4 Å². The van der Waals surface area contributed by atoms with Crippen LogP contribution >= 0.6 is 23.2 Å². The first-order valence-electron chi connectivity index (χ1n) is 7.26. The number of benzene rings is 1. The number of unbranched alkanes of at least 4 members (excludes halogenated alkanes) is 2. The van der Waals surface area contributed by atoms with Crippen LogP contribution in [0.4, 0.5) is 0 Å². The van der Waals surface area contributed by atoms with Gasteiger partial charge in [-0.05, 0) is 55.7 Å². The number of carboxylic acid groups (broad SMARTS) is 2. The molecule has 6 heteroatoms. The molecule has 0 radical (unpaired) electrons. The Morgan fingerprint density at radius 1 is 0.864 bits per heavy atom. The molecule has 1 rings (SSSR count). The van der Waals surface area contributed by atoms with E-state index in [1.165, 1.54) is 6.07 Å². The zero-order valence-corrected chi connectivity index (χ0v) is 13.8. The number of hydrogen-bond acceptors (Lipinski definition) is 2. The van der Waals surface area contributed by atoms with E-state index in [1.807, 2.05) is 0 Å². The van der Waals surface area contributed by atoms with Crippen molar-refractivity contribution in [2.75, 3.05) is 11.8 Å². The second-order valence-electron chi connectivity index (χ2n) is 5.03. The second-order valence-corrected chi connectivity index (χ2v) is 5.78. The molecule has 0 spiro atoms. The predicted octanol–water partition coefficient (Wildman–Crippen LogP) is 4.21. The highest BCUT2D eigenvalue weighted by Gasteiger charge is 2.22. The summed E-state index contributed by atoms with van der Waals surface area (Å²) in [6.07, 6.45) is 4.40. The summed E-state index contributed by atoms with van der Waals surface area (Å²) < 4.78 is 0. The molecule has 1 aromatic carbocycles. The van der Waals surface area contributed by atoms with E-state index < -0.39 is 11.9 Å². The van der Waals surface area contributed by atoms with Crippen molar-refractivity contribution >= 4 is 35.1 Å². The molecule has 0 atom stereocenters. The number of aromatic carboxylic acids is 2. The normalized spacial score (nSPS) is 10.6. The Kier molecular flexibility index (Phi) is 8.28. The molecule has 0 heterocycles. The van der Waals surface area contributed by atoms with Gasteiger partial charge < -0.3 is 10.2 Å². The number of aryl methyl sites for hydroxylation is 1. The summed E-state index contributed by atoms with van der Waals surface area (Å²) in [6, 6.07) is 3.10.